The summed E-state index contributed by atoms with van der Waals surface area (Å²) in [5.74, 6) is 0. The lowest BCUT2D eigenvalue weighted by atomic mass is 10.2. The van der Waals surface area contributed by atoms with E-state index in [1.165, 1.54) is 5.56 Å². The van der Waals surface area contributed by atoms with Crippen LogP contribution in [0.2, 0.25) is 18.6 Å². The van der Waals surface area contributed by atoms with Crippen molar-refractivity contribution in [2.75, 3.05) is 7.11 Å². The molecule has 0 radical (unpaired) electrons. The van der Waals surface area contributed by atoms with Crippen LogP contribution in [0.3, 0.4) is 0 Å². The third kappa shape index (κ3) is 3.65. The molecule has 0 bridgehead atoms. The SMILES string of the molecule is CO[Si](C)(C)C(C)C=Cc1ccccc1. The highest BCUT2D eigenvalue weighted by molar-refractivity contribution is 6.73. The Balaban J connectivity index is 2.66. The lowest BCUT2D eigenvalue weighted by molar-refractivity contribution is 0.398. The zero-order chi connectivity index (χ0) is 11.3. The summed E-state index contributed by atoms with van der Waals surface area (Å²) in [6.07, 6.45) is 4.43. The molecule has 1 rings (SSSR count). The molecule has 1 aromatic rings. The number of allylic oxidation sites excluding steroid dienone is 1. The fourth-order valence-corrected chi connectivity index (χ4v) is 2.17. The van der Waals surface area contributed by atoms with Crippen LogP contribution in [0.1, 0.15) is 12.5 Å². The van der Waals surface area contributed by atoms with Crippen molar-refractivity contribution in [2.45, 2.75) is 25.6 Å². The molecule has 0 amide bonds. The van der Waals surface area contributed by atoms with Crippen molar-refractivity contribution >= 4 is 14.4 Å². The second-order valence-electron chi connectivity index (χ2n) is 4.37. The van der Waals surface area contributed by atoms with E-state index < -0.39 is 8.32 Å². The van der Waals surface area contributed by atoms with Crippen LogP contribution in [0.15, 0.2) is 36.4 Å². The predicted octanol–water partition coefficient (Wildman–Crippen LogP) is 3.94. The van der Waals surface area contributed by atoms with Crippen molar-refractivity contribution < 1.29 is 4.43 Å². The molecule has 1 nitrogen and oxygen atoms in total. The first-order chi connectivity index (χ1) is 7.06. The minimum absolute atomic E-state index is 0.530. The average molecular weight is 220 g/mol. The molecule has 15 heavy (non-hydrogen) atoms. The van der Waals surface area contributed by atoms with Gasteiger partial charge in [-0.15, -0.1) is 0 Å². The maximum Gasteiger partial charge on any atom is 0.192 e. The molecule has 0 aliphatic heterocycles. The topological polar surface area (TPSA) is 9.23 Å². The normalized spacial score (nSPS) is 14.4. The highest BCUT2D eigenvalue weighted by Gasteiger charge is 2.26. The van der Waals surface area contributed by atoms with Gasteiger partial charge in [0.05, 0.1) is 0 Å². The maximum absolute atomic E-state index is 5.58. The van der Waals surface area contributed by atoms with Crippen molar-refractivity contribution in [3.05, 3.63) is 42.0 Å². The van der Waals surface area contributed by atoms with E-state index in [-0.39, 0.29) is 0 Å². The van der Waals surface area contributed by atoms with Crippen LogP contribution < -0.4 is 0 Å². The number of hydrogen-bond acceptors (Lipinski definition) is 1. The van der Waals surface area contributed by atoms with E-state index in [0.717, 1.165) is 0 Å². The molecule has 0 aromatic heterocycles. The Labute approximate surface area is 93.9 Å². The van der Waals surface area contributed by atoms with Gasteiger partial charge in [0.2, 0.25) is 0 Å². The highest BCUT2D eigenvalue weighted by atomic mass is 28.4. The quantitative estimate of drug-likeness (QED) is 0.698. The summed E-state index contributed by atoms with van der Waals surface area (Å²) in [6.45, 7) is 6.72. The first kappa shape index (κ1) is 12.2. The van der Waals surface area contributed by atoms with Gasteiger partial charge >= 0.3 is 0 Å². The molecule has 0 spiro atoms. The molecule has 1 aromatic carbocycles. The lowest BCUT2D eigenvalue weighted by Gasteiger charge is -2.25. The minimum Gasteiger partial charge on any atom is -0.420 e. The van der Waals surface area contributed by atoms with Crippen LogP contribution in [0, 0.1) is 0 Å². The van der Waals surface area contributed by atoms with Gasteiger partial charge in [0.1, 0.15) is 0 Å². The Hall–Kier alpha value is -0.863. The maximum atomic E-state index is 5.58. The van der Waals surface area contributed by atoms with Gasteiger partial charge in [-0.05, 0) is 24.2 Å². The van der Waals surface area contributed by atoms with Gasteiger partial charge < -0.3 is 4.43 Å². The Morgan fingerprint density at radius 1 is 1.20 bits per heavy atom. The molecule has 82 valence electrons. The smallest absolute Gasteiger partial charge is 0.192 e. The van der Waals surface area contributed by atoms with Gasteiger partial charge in [-0.25, -0.2) is 0 Å². The Morgan fingerprint density at radius 2 is 1.80 bits per heavy atom. The molecular formula is C13H20OSi. The zero-order valence-electron chi connectivity index (χ0n) is 10.0. The van der Waals surface area contributed by atoms with Crippen LogP contribution in [0.25, 0.3) is 6.08 Å². The van der Waals surface area contributed by atoms with Gasteiger partial charge in [0, 0.05) is 7.11 Å². The second-order valence-corrected chi connectivity index (χ2v) is 8.89. The molecule has 0 saturated heterocycles. The van der Waals surface area contributed by atoms with Crippen LogP contribution in [-0.4, -0.2) is 15.4 Å². The summed E-state index contributed by atoms with van der Waals surface area (Å²) in [5.41, 5.74) is 1.79. The molecule has 1 atom stereocenters. The molecular weight excluding hydrogens is 200 g/mol. The molecule has 0 fully saturated rings. The first-order valence-corrected chi connectivity index (χ1v) is 8.33. The van der Waals surface area contributed by atoms with Gasteiger partial charge in [-0.2, -0.15) is 0 Å². The van der Waals surface area contributed by atoms with Crippen molar-refractivity contribution in [1.29, 1.82) is 0 Å². The largest absolute Gasteiger partial charge is 0.420 e. The number of hydrogen-bond donors (Lipinski definition) is 0. The number of rotatable bonds is 4. The third-order valence-electron chi connectivity index (χ3n) is 3.00. The first-order valence-electron chi connectivity index (χ1n) is 5.34. The summed E-state index contributed by atoms with van der Waals surface area (Å²) in [6, 6.07) is 10.4. The van der Waals surface area contributed by atoms with Gasteiger partial charge in [-0.3, -0.25) is 0 Å². The Morgan fingerprint density at radius 3 is 2.33 bits per heavy atom. The van der Waals surface area contributed by atoms with Gasteiger partial charge in [0.15, 0.2) is 8.32 Å². The van der Waals surface area contributed by atoms with Gasteiger partial charge in [0.25, 0.3) is 0 Å². The van der Waals surface area contributed by atoms with Crippen LogP contribution in [0.5, 0.6) is 0 Å². The van der Waals surface area contributed by atoms with E-state index in [1.807, 2.05) is 13.2 Å². The molecule has 0 saturated carbocycles. The van der Waals surface area contributed by atoms with E-state index in [0.29, 0.717) is 5.54 Å². The molecule has 0 N–H and O–H groups in total. The molecule has 0 aliphatic rings. The fraction of sp³-hybridized carbons (Fsp3) is 0.385. The summed E-state index contributed by atoms with van der Waals surface area (Å²) in [5, 5.41) is 0. The Kier molecular flexibility index (Phi) is 4.30. The summed E-state index contributed by atoms with van der Waals surface area (Å²) < 4.78 is 5.58. The van der Waals surface area contributed by atoms with E-state index in [1.54, 1.807) is 0 Å². The van der Waals surface area contributed by atoms with Gasteiger partial charge in [-0.1, -0.05) is 49.4 Å². The Bertz CT molecular complexity index is 317. The van der Waals surface area contributed by atoms with E-state index in [4.69, 9.17) is 4.43 Å². The third-order valence-corrected chi connectivity index (χ3v) is 6.44. The van der Waals surface area contributed by atoms with Crippen molar-refractivity contribution in [2.24, 2.45) is 0 Å². The van der Waals surface area contributed by atoms with Crippen molar-refractivity contribution in [3.63, 3.8) is 0 Å². The minimum atomic E-state index is -1.52. The molecule has 0 heterocycles. The number of benzene rings is 1. The monoisotopic (exact) mass is 220 g/mol. The second kappa shape index (κ2) is 5.28. The van der Waals surface area contributed by atoms with Crippen molar-refractivity contribution in [1.82, 2.24) is 0 Å². The van der Waals surface area contributed by atoms with Crippen molar-refractivity contribution in [3.8, 4) is 0 Å². The van der Waals surface area contributed by atoms with Crippen LogP contribution >= 0.6 is 0 Å². The van der Waals surface area contributed by atoms with Crippen LogP contribution in [0.4, 0.5) is 0 Å². The predicted molar refractivity (Wildman–Crippen MR) is 69.4 cm³/mol. The summed E-state index contributed by atoms with van der Waals surface area (Å²) >= 11 is 0. The average Bonchev–Trinajstić information content (AvgIpc) is 2.27. The standard InChI is InChI=1S/C13H20OSi/c1-12(15(3,4)14-2)10-11-13-8-6-5-7-9-13/h5-12H,1-4H3. The van der Waals surface area contributed by atoms with E-state index >= 15 is 0 Å². The summed E-state index contributed by atoms with van der Waals surface area (Å²) in [7, 11) is 0.297. The molecule has 1 unspecified atom stereocenters. The van der Waals surface area contributed by atoms with E-state index in [9.17, 15) is 0 Å². The fourth-order valence-electron chi connectivity index (χ4n) is 1.24. The lowest BCUT2D eigenvalue weighted by Crippen LogP contribution is -2.32. The molecule has 2 heteroatoms. The zero-order valence-corrected chi connectivity index (χ0v) is 11.0. The van der Waals surface area contributed by atoms with E-state index in [2.05, 4.69) is 56.4 Å². The van der Waals surface area contributed by atoms with Crippen LogP contribution in [-0.2, 0) is 4.43 Å². The molecule has 0 aliphatic carbocycles. The summed E-state index contributed by atoms with van der Waals surface area (Å²) in [4.78, 5) is 0. The highest BCUT2D eigenvalue weighted by Crippen LogP contribution is 2.23.